The highest BCUT2D eigenvalue weighted by Gasteiger charge is 2.14. The maximum Gasteiger partial charge on any atom is 0.317 e. The molecule has 0 aliphatic rings. The maximum atomic E-state index is 10.5. The number of carbonyl (C=O) groups is 1. The molecule has 0 saturated heterocycles. The van der Waals surface area contributed by atoms with E-state index in [1.165, 1.54) is 0 Å². The van der Waals surface area contributed by atoms with Gasteiger partial charge < -0.3 is 19.7 Å². The Bertz CT molecular complexity index is 1040. The number of carboxylic acid groups (broad SMARTS) is 1. The zero-order valence-corrected chi connectivity index (χ0v) is 17.3. The first-order chi connectivity index (χ1) is 14.0. The highest BCUT2D eigenvalue weighted by atomic mass is 35.5. The summed E-state index contributed by atoms with van der Waals surface area (Å²) in [5.74, 6) is 0.341. The van der Waals surface area contributed by atoms with E-state index in [9.17, 15) is 10.1 Å². The van der Waals surface area contributed by atoms with Crippen molar-refractivity contribution in [2.24, 2.45) is 0 Å². The molecular formula is C21H21ClN4O4. The molecule has 1 heterocycles. The Morgan fingerprint density at radius 3 is 2.57 bits per heavy atom. The van der Waals surface area contributed by atoms with Crippen LogP contribution in [0.5, 0.6) is 5.75 Å². The molecule has 156 valence electrons. The Kier molecular flexibility index (Phi) is 7.92. The molecule has 0 radical (unpaired) electrons. The fraction of sp³-hybridized carbons (Fsp3) is 0.238. The molecule has 0 amide bonds. The number of nitrogens with one attached hydrogen (secondary N) is 1. The second-order valence-electron chi connectivity index (χ2n) is 6.61. The van der Waals surface area contributed by atoms with Gasteiger partial charge in [0, 0.05) is 17.7 Å². The number of aromatic nitrogens is 2. The van der Waals surface area contributed by atoms with Crippen LogP contribution in [0.4, 0.5) is 0 Å². The SMILES string of the molecule is CC(C)Oc1ccc(-c2nc(-c3ccc(CNCC(=O)O)cc3)no2)cc1C#N.Cl. The van der Waals surface area contributed by atoms with Gasteiger partial charge in [-0.25, -0.2) is 0 Å². The molecule has 0 unspecified atom stereocenters. The summed E-state index contributed by atoms with van der Waals surface area (Å²) in [5.41, 5.74) is 2.74. The van der Waals surface area contributed by atoms with Gasteiger partial charge in [-0.05, 0) is 37.6 Å². The van der Waals surface area contributed by atoms with E-state index in [0.717, 1.165) is 11.1 Å². The van der Waals surface area contributed by atoms with Crippen LogP contribution in [0.25, 0.3) is 22.8 Å². The average Bonchev–Trinajstić information content (AvgIpc) is 3.18. The fourth-order valence-electron chi connectivity index (χ4n) is 2.65. The lowest BCUT2D eigenvalue weighted by Gasteiger charge is -2.11. The third-order valence-corrected chi connectivity index (χ3v) is 3.95. The molecule has 2 aromatic carbocycles. The second kappa shape index (κ2) is 10.4. The molecule has 0 aliphatic heterocycles. The lowest BCUT2D eigenvalue weighted by molar-refractivity contribution is -0.136. The molecular weight excluding hydrogens is 408 g/mol. The number of rotatable bonds is 8. The number of nitrogens with zero attached hydrogens (tertiary/aromatic N) is 3. The number of hydrogen-bond acceptors (Lipinski definition) is 7. The minimum atomic E-state index is -0.899. The minimum absolute atomic E-state index is 0. The smallest absolute Gasteiger partial charge is 0.317 e. The van der Waals surface area contributed by atoms with E-state index in [-0.39, 0.29) is 25.1 Å². The van der Waals surface area contributed by atoms with Crippen LogP contribution in [0.1, 0.15) is 25.0 Å². The minimum Gasteiger partial charge on any atom is -0.490 e. The summed E-state index contributed by atoms with van der Waals surface area (Å²) >= 11 is 0. The van der Waals surface area contributed by atoms with Crippen molar-refractivity contribution in [1.29, 1.82) is 5.26 Å². The molecule has 3 rings (SSSR count). The normalized spacial score (nSPS) is 10.3. The number of carboxylic acids is 1. The van der Waals surface area contributed by atoms with Gasteiger partial charge in [-0.1, -0.05) is 29.4 Å². The molecule has 9 heteroatoms. The number of halogens is 1. The van der Waals surface area contributed by atoms with Crippen LogP contribution >= 0.6 is 12.4 Å². The third-order valence-electron chi connectivity index (χ3n) is 3.95. The molecule has 0 spiro atoms. The lowest BCUT2D eigenvalue weighted by atomic mass is 10.1. The summed E-state index contributed by atoms with van der Waals surface area (Å²) in [4.78, 5) is 15.0. The monoisotopic (exact) mass is 428 g/mol. The quantitative estimate of drug-likeness (QED) is 0.557. The van der Waals surface area contributed by atoms with Crippen LogP contribution in [0.15, 0.2) is 47.0 Å². The van der Waals surface area contributed by atoms with Crippen LogP contribution in [-0.4, -0.2) is 33.9 Å². The van der Waals surface area contributed by atoms with Crippen molar-refractivity contribution in [3.63, 3.8) is 0 Å². The van der Waals surface area contributed by atoms with Crippen molar-refractivity contribution < 1.29 is 19.2 Å². The van der Waals surface area contributed by atoms with E-state index in [1.807, 2.05) is 38.1 Å². The molecule has 8 nitrogen and oxygen atoms in total. The Morgan fingerprint density at radius 1 is 1.23 bits per heavy atom. The standard InChI is InChI=1S/C21H20N4O4.ClH/c1-13(2)28-18-8-7-16(9-17(18)10-22)21-24-20(25-29-21)15-5-3-14(4-6-15)11-23-12-19(26)27;/h3-9,13,23H,11-12H2,1-2H3,(H,26,27);1H. The van der Waals surface area contributed by atoms with E-state index in [0.29, 0.717) is 35.1 Å². The van der Waals surface area contributed by atoms with Crippen molar-refractivity contribution in [2.75, 3.05) is 6.54 Å². The summed E-state index contributed by atoms with van der Waals surface area (Å²) in [6.45, 7) is 4.15. The van der Waals surface area contributed by atoms with E-state index in [1.54, 1.807) is 18.2 Å². The molecule has 0 aliphatic carbocycles. The summed E-state index contributed by atoms with van der Waals surface area (Å²) in [6.07, 6.45) is -0.0368. The first kappa shape index (κ1) is 22.9. The van der Waals surface area contributed by atoms with Crippen molar-refractivity contribution in [3.05, 3.63) is 53.6 Å². The molecule has 30 heavy (non-hydrogen) atoms. The molecule has 3 aromatic rings. The Balaban J connectivity index is 0.00000320. The second-order valence-corrected chi connectivity index (χ2v) is 6.61. The van der Waals surface area contributed by atoms with Crippen LogP contribution < -0.4 is 10.1 Å². The average molecular weight is 429 g/mol. The number of nitriles is 1. The van der Waals surface area contributed by atoms with Crippen molar-refractivity contribution in [2.45, 2.75) is 26.5 Å². The van der Waals surface area contributed by atoms with Gasteiger partial charge in [0.15, 0.2) is 0 Å². The van der Waals surface area contributed by atoms with Gasteiger partial charge in [0.2, 0.25) is 5.82 Å². The fourth-order valence-corrected chi connectivity index (χ4v) is 2.65. The van der Waals surface area contributed by atoms with E-state index in [2.05, 4.69) is 21.5 Å². The zero-order valence-electron chi connectivity index (χ0n) is 16.5. The first-order valence-electron chi connectivity index (χ1n) is 9.03. The van der Waals surface area contributed by atoms with Crippen LogP contribution in [0.2, 0.25) is 0 Å². The molecule has 0 fully saturated rings. The highest BCUT2D eigenvalue weighted by molar-refractivity contribution is 5.85. The maximum absolute atomic E-state index is 10.5. The molecule has 0 saturated carbocycles. The van der Waals surface area contributed by atoms with Crippen molar-refractivity contribution in [1.82, 2.24) is 15.5 Å². The molecule has 0 atom stereocenters. The Morgan fingerprint density at radius 2 is 1.93 bits per heavy atom. The predicted molar refractivity (Wildman–Crippen MR) is 112 cm³/mol. The van der Waals surface area contributed by atoms with Crippen LogP contribution in [-0.2, 0) is 11.3 Å². The Hall–Kier alpha value is -3.41. The lowest BCUT2D eigenvalue weighted by Crippen LogP contribution is -2.21. The predicted octanol–water partition coefficient (Wildman–Crippen LogP) is 3.66. The zero-order chi connectivity index (χ0) is 20.8. The topological polar surface area (TPSA) is 121 Å². The van der Waals surface area contributed by atoms with Crippen LogP contribution in [0, 0.1) is 11.3 Å². The largest absolute Gasteiger partial charge is 0.490 e. The summed E-state index contributed by atoms with van der Waals surface area (Å²) in [6, 6.07) is 14.7. The summed E-state index contributed by atoms with van der Waals surface area (Å²) in [7, 11) is 0. The number of ether oxygens (including phenoxy) is 1. The summed E-state index contributed by atoms with van der Waals surface area (Å²) in [5, 5.41) is 24.9. The van der Waals surface area contributed by atoms with Crippen molar-refractivity contribution in [3.8, 4) is 34.7 Å². The molecule has 0 bridgehead atoms. The number of hydrogen-bond donors (Lipinski definition) is 2. The van der Waals surface area contributed by atoms with E-state index >= 15 is 0 Å². The number of benzene rings is 2. The van der Waals surface area contributed by atoms with Gasteiger partial charge in [0.05, 0.1) is 18.2 Å². The highest BCUT2D eigenvalue weighted by Crippen LogP contribution is 2.27. The van der Waals surface area contributed by atoms with Crippen molar-refractivity contribution >= 4 is 18.4 Å². The van der Waals surface area contributed by atoms with Crippen LogP contribution in [0.3, 0.4) is 0 Å². The van der Waals surface area contributed by atoms with E-state index < -0.39 is 5.97 Å². The molecule has 2 N–H and O–H groups in total. The first-order valence-corrected chi connectivity index (χ1v) is 9.03. The van der Waals surface area contributed by atoms with E-state index in [4.69, 9.17) is 14.4 Å². The molecule has 1 aromatic heterocycles. The summed E-state index contributed by atoms with van der Waals surface area (Å²) < 4.78 is 11.0. The van der Waals surface area contributed by atoms with Gasteiger partial charge in [0.1, 0.15) is 11.8 Å². The van der Waals surface area contributed by atoms with Gasteiger partial charge in [-0.15, -0.1) is 12.4 Å². The number of aliphatic carboxylic acids is 1. The van der Waals surface area contributed by atoms with Gasteiger partial charge in [0.25, 0.3) is 5.89 Å². The van der Waals surface area contributed by atoms with Gasteiger partial charge in [-0.3, -0.25) is 4.79 Å². The third kappa shape index (κ3) is 5.80. The van der Waals surface area contributed by atoms with Gasteiger partial charge >= 0.3 is 5.97 Å². The van der Waals surface area contributed by atoms with Gasteiger partial charge in [-0.2, -0.15) is 10.2 Å². The Labute approximate surface area is 179 Å².